The second-order valence-electron chi connectivity index (χ2n) is 11.1. The predicted octanol–water partition coefficient (Wildman–Crippen LogP) is 6.56. The second kappa shape index (κ2) is 11.2. The Kier molecular flexibility index (Phi) is 7.93. The molecule has 3 heterocycles. The smallest absolute Gasteiger partial charge is 0.395 e. The first kappa shape index (κ1) is 26.9. The number of alkyl halides is 3. The van der Waals surface area contributed by atoms with E-state index in [0.29, 0.717) is 48.8 Å². The summed E-state index contributed by atoms with van der Waals surface area (Å²) in [5, 5.41) is 0. The Morgan fingerprint density at radius 3 is 2.32 bits per heavy atom. The Balaban J connectivity index is 1.10. The summed E-state index contributed by atoms with van der Waals surface area (Å²) in [5.41, 5.74) is 0.910. The molecule has 0 bridgehead atoms. The topological polar surface area (TPSA) is 41.5 Å². The number of ether oxygens (including phenoxy) is 1. The van der Waals surface area contributed by atoms with E-state index in [1.54, 1.807) is 12.3 Å². The van der Waals surface area contributed by atoms with Crippen LogP contribution in [0, 0.1) is 17.2 Å². The Morgan fingerprint density at radius 1 is 1.00 bits per heavy atom. The lowest BCUT2D eigenvalue weighted by atomic mass is 9.67. The van der Waals surface area contributed by atoms with Gasteiger partial charge in [0.25, 0.3) is 0 Å². The molecule has 3 fully saturated rings. The summed E-state index contributed by atoms with van der Waals surface area (Å²) in [5.74, 6) is 0.327. The minimum atomic E-state index is -4.12. The normalized spacial score (nSPS) is 20.7. The lowest BCUT2D eigenvalue weighted by Gasteiger charge is -2.47. The number of likely N-dealkylation sites (tertiary alicyclic amines) is 2. The van der Waals surface area contributed by atoms with Crippen molar-refractivity contribution in [3.63, 3.8) is 0 Å². The third kappa shape index (κ3) is 5.82. The van der Waals surface area contributed by atoms with E-state index < -0.39 is 11.6 Å². The first-order chi connectivity index (χ1) is 18.2. The molecular weight excluding hydrogens is 496 g/mol. The monoisotopic (exact) mass is 532 g/mol. The van der Waals surface area contributed by atoms with Crippen LogP contribution in [0.4, 0.5) is 17.6 Å². The summed E-state index contributed by atoms with van der Waals surface area (Å²) in [7, 11) is 0. The van der Waals surface area contributed by atoms with Crippen LogP contribution in [0.1, 0.15) is 56.9 Å². The molecule has 9 heteroatoms. The fraction of sp³-hybridized carbons (Fsp3) is 0.586. The number of nitrogens with zero attached hydrogens (tertiary/aromatic N) is 4. The molecule has 2 aromatic rings. The molecule has 38 heavy (non-hydrogen) atoms. The van der Waals surface area contributed by atoms with Gasteiger partial charge in [-0.3, -0.25) is 0 Å². The van der Waals surface area contributed by atoms with Gasteiger partial charge in [-0.15, -0.1) is 0 Å². The summed E-state index contributed by atoms with van der Waals surface area (Å²) in [6.07, 6.45) is 5.15. The van der Waals surface area contributed by atoms with E-state index in [-0.39, 0.29) is 31.1 Å². The van der Waals surface area contributed by atoms with Gasteiger partial charge >= 0.3 is 6.18 Å². The summed E-state index contributed by atoms with van der Waals surface area (Å²) in [4.78, 5) is 12.9. The van der Waals surface area contributed by atoms with E-state index in [0.717, 1.165) is 44.5 Å². The van der Waals surface area contributed by atoms with Crippen molar-refractivity contribution < 1.29 is 22.3 Å². The maximum Gasteiger partial charge on any atom is 0.395 e. The molecule has 206 valence electrons. The van der Waals surface area contributed by atoms with Crippen molar-refractivity contribution in [3.8, 4) is 17.1 Å². The Bertz CT molecular complexity index is 1100. The zero-order valence-corrected chi connectivity index (χ0v) is 21.8. The van der Waals surface area contributed by atoms with Crippen molar-refractivity contribution >= 4 is 5.70 Å². The van der Waals surface area contributed by atoms with Crippen molar-refractivity contribution in [1.82, 2.24) is 19.8 Å². The van der Waals surface area contributed by atoms with Crippen molar-refractivity contribution in [2.24, 2.45) is 11.3 Å². The van der Waals surface area contributed by atoms with Gasteiger partial charge in [-0.1, -0.05) is 19.1 Å². The Labute approximate surface area is 221 Å². The molecule has 1 aromatic carbocycles. The number of halogens is 4. The molecule has 0 unspecified atom stereocenters. The molecule has 5 nitrogen and oxygen atoms in total. The lowest BCUT2D eigenvalue weighted by molar-refractivity contribution is -0.256. The van der Waals surface area contributed by atoms with Crippen LogP contribution in [0.5, 0.6) is 5.88 Å². The highest BCUT2D eigenvalue weighted by Gasteiger charge is 2.58. The highest BCUT2D eigenvalue weighted by atomic mass is 19.4. The lowest BCUT2D eigenvalue weighted by Crippen LogP contribution is -2.53. The Hall–Kier alpha value is -2.68. The van der Waals surface area contributed by atoms with Crippen LogP contribution in [-0.4, -0.2) is 65.3 Å². The summed E-state index contributed by atoms with van der Waals surface area (Å²) >= 11 is 0. The fourth-order valence-electron chi connectivity index (χ4n) is 5.86. The van der Waals surface area contributed by atoms with E-state index in [9.17, 15) is 17.6 Å². The van der Waals surface area contributed by atoms with Gasteiger partial charge < -0.3 is 14.5 Å². The molecular formula is C29H36F4N4O. The van der Waals surface area contributed by atoms with Crippen molar-refractivity contribution in [3.05, 3.63) is 48.6 Å². The number of piperidine rings is 2. The first-order valence-electron chi connectivity index (χ1n) is 13.7. The number of benzene rings is 1. The van der Waals surface area contributed by atoms with Gasteiger partial charge in [-0.05, 0) is 76.1 Å². The molecule has 0 radical (unpaired) electrons. The molecule has 3 aliphatic rings. The molecule has 1 aromatic heterocycles. The van der Waals surface area contributed by atoms with Gasteiger partial charge in [0.1, 0.15) is 5.82 Å². The van der Waals surface area contributed by atoms with Gasteiger partial charge in [0.05, 0.1) is 30.1 Å². The highest BCUT2D eigenvalue weighted by Crippen LogP contribution is 2.53. The second-order valence-corrected chi connectivity index (χ2v) is 11.1. The number of rotatable bonds is 8. The zero-order chi connectivity index (χ0) is 26.8. The van der Waals surface area contributed by atoms with Gasteiger partial charge in [0.2, 0.25) is 5.88 Å². The van der Waals surface area contributed by atoms with Crippen molar-refractivity contribution in [2.75, 3.05) is 39.3 Å². The van der Waals surface area contributed by atoms with Crippen LogP contribution in [0.15, 0.2) is 37.2 Å². The Morgan fingerprint density at radius 2 is 1.74 bits per heavy atom. The quantitative estimate of drug-likeness (QED) is 0.360. The average Bonchev–Trinajstić information content (AvgIpc) is 2.90. The summed E-state index contributed by atoms with van der Waals surface area (Å²) < 4.78 is 61.2. The van der Waals surface area contributed by atoms with Crippen molar-refractivity contribution in [1.29, 1.82) is 0 Å². The van der Waals surface area contributed by atoms with Crippen molar-refractivity contribution in [2.45, 2.75) is 57.5 Å². The maximum atomic E-state index is 14.9. The van der Waals surface area contributed by atoms with E-state index in [2.05, 4.69) is 21.4 Å². The summed E-state index contributed by atoms with van der Waals surface area (Å²) in [6.45, 7) is 7.81. The van der Waals surface area contributed by atoms with Gasteiger partial charge in [-0.25, -0.2) is 14.4 Å². The minimum Gasteiger partial charge on any atom is -0.476 e. The molecule has 0 spiro atoms. The third-order valence-corrected chi connectivity index (χ3v) is 8.55. The van der Waals surface area contributed by atoms with Gasteiger partial charge in [0.15, 0.2) is 0 Å². The number of hydrogen-bond acceptors (Lipinski definition) is 5. The molecule has 5 rings (SSSR count). The maximum absolute atomic E-state index is 14.9. The molecule has 2 saturated heterocycles. The molecule has 1 aliphatic carbocycles. The fourth-order valence-corrected chi connectivity index (χ4v) is 5.86. The third-order valence-electron chi connectivity index (χ3n) is 8.55. The highest BCUT2D eigenvalue weighted by molar-refractivity contribution is 5.67. The first-order valence-corrected chi connectivity index (χ1v) is 13.7. The van der Waals surface area contributed by atoms with Gasteiger partial charge in [-0.2, -0.15) is 13.2 Å². The van der Waals surface area contributed by atoms with Crippen LogP contribution in [0.2, 0.25) is 0 Å². The van der Waals surface area contributed by atoms with Crippen LogP contribution in [-0.2, 0) is 0 Å². The summed E-state index contributed by atoms with van der Waals surface area (Å²) in [6, 6.07) is 5.05. The molecule has 1 saturated carbocycles. The van der Waals surface area contributed by atoms with E-state index >= 15 is 0 Å². The van der Waals surface area contributed by atoms with Crippen LogP contribution < -0.4 is 4.74 Å². The standard InChI is InChI=1S/C29H36F4N4O/c1-21(37-12-3-2-4-13-37)24-7-6-23(16-25(24)30)26-17-35-27(18-34-26)38-19-22-8-14-36(15-9-22)20-28(10-5-11-28)29(31,32)33/h6-7,16-18,22H,1-5,8-15,19-20H2. The minimum absolute atomic E-state index is 0.116. The molecule has 0 amide bonds. The largest absolute Gasteiger partial charge is 0.476 e. The molecule has 0 atom stereocenters. The number of hydrogen-bond donors (Lipinski definition) is 0. The molecule has 0 N–H and O–H groups in total. The molecule has 2 aliphatic heterocycles. The SMILES string of the molecule is C=C(c1ccc(-c2cnc(OCC3CCN(CC4(C(F)(F)F)CCC4)CC3)cn2)cc1F)N1CCCCC1. The van der Waals surface area contributed by atoms with Gasteiger partial charge in [0, 0.05) is 36.5 Å². The van der Waals surface area contributed by atoms with E-state index in [4.69, 9.17) is 4.74 Å². The number of aromatic nitrogens is 2. The van der Waals surface area contributed by atoms with Crippen LogP contribution >= 0.6 is 0 Å². The predicted molar refractivity (Wildman–Crippen MR) is 139 cm³/mol. The van der Waals surface area contributed by atoms with E-state index in [1.165, 1.54) is 18.7 Å². The van der Waals surface area contributed by atoms with Crippen LogP contribution in [0.25, 0.3) is 17.0 Å². The average molecular weight is 533 g/mol. The van der Waals surface area contributed by atoms with Crippen LogP contribution in [0.3, 0.4) is 0 Å². The van der Waals surface area contributed by atoms with E-state index in [1.807, 2.05) is 11.0 Å². The zero-order valence-electron chi connectivity index (χ0n) is 21.8.